The number of fused-ring (bicyclic) bond motifs is 1. The number of nitrogens with one attached hydrogen (secondary N) is 2. The zero-order valence-corrected chi connectivity index (χ0v) is 12.0. The van der Waals surface area contributed by atoms with Gasteiger partial charge in [-0.15, -0.1) is 0 Å². The molecule has 0 unspecified atom stereocenters. The molecule has 0 spiro atoms. The highest BCUT2D eigenvalue weighted by molar-refractivity contribution is 6.42. The molecule has 104 valence electrons. The van der Waals surface area contributed by atoms with Crippen molar-refractivity contribution in [2.24, 2.45) is 0 Å². The number of anilines is 1. The Labute approximate surface area is 125 Å². The molecule has 2 heterocycles. The maximum atomic E-state index is 11.1. The van der Waals surface area contributed by atoms with Crippen LogP contribution in [0.4, 0.5) is 5.82 Å². The van der Waals surface area contributed by atoms with Crippen molar-refractivity contribution in [3.05, 3.63) is 28.4 Å². The molecule has 0 bridgehead atoms. The molecule has 0 aliphatic carbocycles. The fraction of sp³-hybridized carbons (Fsp3) is 0.308. The number of hydrogen-bond donors (Lipinski definition) is 2. The van der Waals surface area contributed by atoms with Crippen LogP contribution in [0.2, 0.25) is 10.0 Å². The second-order valence-corrected chi connectivity index (χ2v) is 5.51. The van der Waals surface area contributed by atoms with Crippen LogP contribution in [0, 0.1) is 0 Å². The van der Waals surface area contributed by atoms with E-state index in [1.54, 1.807) is 18.3 Å². The van der Waals surface area contributed by atoms with Gasteiger partial charge in [-0.3, -0.25) is 9.78 Å². The van der Waals surface area contributed by atoms with E-state index in [1.165, 1.54) is 0 Å². The Morgan fingerprint density at radius 1 is 1.25 bits per heavy atom. The van der Waals surface area contributed by atoms with Crippen LogP contribution in [0.3, 0.4) is 0 Å². The fourth-order valence-electron chi connectivity index (χ4n) is 2.14. The lowest BCUT2D eigenvalue weighted by atomic mass is 10.1. The van der Waals surface area contributed by atoms with Gasteiger partial charge in [0.25, 0.3) is 0 Å². The van der Waals surface area contributed by atoms with Crippen LogP contribution < -0.4 is 10.6 Å². The third kappa shape index (κ3) is 2.78. The van der Waals surface area contributed by atoms with Crippen molar-refractivity contribution in [2.45, 2.75) is 18.9 Å². The van der Waals surface area contributed by atoms with Gasteiger partial charge in [0.15, 0.2) is 0 Å². The number of rotatable bonds is 2. The van der Waals surface area contributed by atoms with E-state index < -0.39 is 0 Å². The molecule has 1 fully saturated rings. The molecular formula is C13H12Cl2N4O. The maximum absolute atomic E-state index is 11.1. The van der Waals surface area contributed by atoms with Gasteiger partial charge < -0.3 is 10.6 Å². The van der Waals surface area contributed by atoms with Gasteiger partial charge in [0, 0.05) is 19.0 Å². The van der Waals surface area contributed by atoms with Gasteiger partial charge in [-0.05, 0) is 18.6 Å². The summed E-state index contributed by atoms with van der Waals surface area (Å²) in [6.07, 6.45) is 2.97. The minimum absolute atomic E-state index is 0.0917. The average molecular weight is 311 g/mol. The Balaban J connectivity index is 1.82. The molecule has 2 aromatic rings. The van der Waals surface area contributed by atoms with E-state index in [1.807, 2.05) is 0 Å². The zero-order chi connectivity index (χ0) is 14.1. The van der Waals surface area contributed by atoms with E-state index in [-0.39, 0.29) is 11.9 Å². The number of piperidine rings is 1. The first kappa shape index (κ1) is 13.4. The molecule has 1 aromatic carbocycles. The lowest BCUT2D eigenvalue weighted by Crippen LogP contribution is -2.42. The molecule has 1 aliphatic rings. The topological polar surface area (TPSA) is 66.9 Å². The highest BCUT2D eigenvalue weighted by Gasteiger charge is 2.18. The summed E-state index contributed by atoms with van der Waals surface area (Å²) in [7, 11) is 0. The summed E-state index contributed by atoms with van der Waals surface area (Å²) < 4.78 is 0. The summed E-state index contributed by atoms with van der Waals surface area (Å²) in [5, 5.41) is 7.00. The lowest BCUT2D eigenvalue weighted by Gasteiger charge is -2.23. The van der Waals surface area contributed by atoms with Crippen LogP contribution in [-0.4, -0.2) is 28.5 Å². The first-order valence-corrected chi connectivity index (χ1v) is 7.02. The average Bonchev–Trinajstić information content (AvgIpc) is 2.43. The van der Waals surface area contributed by atoms with Crippen molar-refractivity contribution >= 4 is 46.0 Å². The highest BCUT2D eigenvalue weighted by atomic mass is 35.5. The Morgan fingerprint density at radius 3 is 2.70 bits per heavy atom. The maximum Gasteiger partial charge on any atom is 0.220 e. The van der Waals surface area contributed by atoms with Crippen molar-refractivity contribution < 1.29 is 4.79 Å². The second-order valence-electron chi connectivity index (χ2n) is 4.69. The summed E-state index contributed by atoms with van der Waals surface area (Å²) >= 11 is 11.9. The Hall–Kier alpha value is -1.59. The Bertz CT molecular complexity index is 667. The van der Waals surface area contributed by atoms with E-state index in [0.29, 0.717) is 39.9 Å². The Kier molecular flexibility index (Phi) is 3.63. The standard InChI is InChI=1S/C13H12Cl2N4O/c14-8-3-10-11(4-9(8)15)19-12(6-16-10)18-7-1-2-13(20)17-5-7/h3-4,6-7H,1-2,5H2,(H,17,20)(H,18,19)/t7-/m1/s1. The van der Waals surface area contributed by atoms with Crippen LogP contribution in [-0.2, 0) is 4.79 Å². The van der Waals surface area contributed by atoms with Crippen LogP contribution in [0.15, 0.2) is 18.3 Å². The molecule has 5 nitrogen and oxygen atoms in total. The third-order valence-corrected chi connectivity index (χ3v) is 3.92. The summed E-state index contributed by atoms with van der Waals surface area (Å²) in [6.45, 7) is 0.597. The first-order valence-electron chi connectivity index (χ1n) is 6.27. The van der Waals surface area contributed by atoms with Gasteiger partial charge in [0.05, 0.1) is 27.3 Å². The lowest BCUT2D eigenvalue weighted by molar-refractivity contribution is -0.122. The summed E-state index contributed by atoms with van der Waals surface area (Å²) in [5.74, 6) is 0.756. The number of halogens is 2. The second kappa shape index (κ2) is 5.42. The molecular weight excluding hydrogens is 299 g/mol. The van der Waals surface area contributed by atoms with E-state index in [9.17, 15) is 4.79 Å². The monoisotopic (exact) mass is 310 g/mol. The molecule has 1 atom stereocenters. The molecule has 7 heteroatoms. The van der Waals surface area contributed by atoms with Gasteiger partial charge in [-0.25, -0.2) is 4.98 Å². The molecule has 3 rings (SSSR count). The van der Waals surface area contributed by atoms with Crippen LogP contribution in [0.1, 0.15) is 12.8 Å². The van der Waals surface area contributed by atoms with E-state index in [2.05, 4.69) is 20.6 Å². The number of benzene rings is 1. The SMILES string of the molecule is O=C1CC[C@@H](Nc2cnc3cc(Cl)c(Cl)cc3n2)CN1. The summed E-state index contributed by atoms with van der Waals surface area (Å²) in [4.78, 5) is 19.9. The molecule has 0 radical (unpaired) electrons. The van der Waals surface area contributed by atoms with Crippen molar-refractivity contribution in [3.8, 4) is 0 Å². The van der Waals surface area contributed by atoms with Gasteiger partial charge in [-0.2, -0.15) is 0 Å². The predicted octanol–water partition coefficient (Wildman–Crippen LogP) is 2.63. The molecule has 1 saturated heterocycles. The normalized spacial score (nSPS) is 18.9. The molecule has 1 amide bonds. The molecule has 1 aromatic heterocycles. The number of nitrogens with zero attached hydrogens (tertiary/aromatic N) is 2. The summed E-state index contributed by atoms with van der Waals surface area (Å²) in [5.41, 5.74) is 1.38. The minimum atomic E-state index is 0.0917. The van der Waals surface area contributed by atoms with E-state index in [0.717, 1.165) is 6.42 Å². The fourth-order valence-corrected chi connectivity index (χ4v) is 2.46. The van der Waals surface area contributed by atoms with E-state index >= 15 is 0 Å². The number of hydrogen-bond acceptors (Lipinski definition) is 4. The van der Waals surface area contributed by atoms with Crippen molar-refractivity contribution in [1.82, 2.24) is 15.3 Å². The molecule has 2 N–H and O–H groups in total. The minimum Gasteiger partial charge on any atom is -0.364 e. The van der Waals surface area contributed by atoms with Crippen LogP contribution >= 0.6 is 23.2 Å². The molecule has 20 heavy (non-hydrogen) atoms. The van der Waals surface area contributed by atoms with Gasteiger partial charge in [-0.1, -0.05) is 23.2 Å². The smallest absolute Gasteiger partial charge is 0.220 e. The third-order valence-electron chi connectivity index (χ3n) is 3.20. The van der Waals surface area contributed by atoms with E-state index in [4.69, 9.17) is 23.2 Å². The van der Waals surface area contributed by atoms with Gasteiger partial charge in [0.1, 0.15) is 5.82 Å². The van der Waals surface area contributed by atoms with Crippen LogP contribution in [0.25, 0.3) is 11.0 Å². The Morgan fingerprint density at radius 2 is 2.00 bits per heavy atom. The van der Waals surface area contributed by atoms with Crippen molar-refractivity contribution in [3.63, 3.8) is 0 Å². The first-order chi connectivity index (χ1) is 9.61. The van der Waals surface area contributed by atoms with Crippen molar-refractivity contribution in [2.75, 3.05) is 11.9 Å². The quantitative estimate of drug-likeness (QED) is 0.895. The number of carbonyl (C=O) groups excluding carboxylic acids is 1. The largest absolute Gasteiger partial charge is 0.364 e. The predicted molar refractivity (Wildman–Crippen MR) is 79.2 cm³/mol. The molecule has 0 saturated carbocycles. The number of amides is 1. The van der Waals surface area contributed by atoms with Crippen LogP contribution in [0.5, 0.6) is 0 Å². The summed E-state index contributed by atoms with van der Waals surface area (Å²) in [6, 6.07) is 3.55. The van der Waals surface area contributed by atoms with Crippen molar-refractivity contribution in [1.29, 1.82) is 0 Å². The van der Waals surface area contributed by atoms with Gasteiger partial charge in [0.2, 0.25) is 5.91 Å². The highest BCUT2D eigenvalue weighted by Crippen LogP contribution is 2.26. The number of carbonyl (C=O) groups is 1. The van der Waals surface area contributed by atoms with Gasteiger partial charge >= 0.3 is 0 Å². The number of aromatic nitrogens is 2. The molecule has 1 aliphatic heterocycles. The zero-order valence-electron chi connectivity index (χ0n) is 10.5.